The summed E-state index contributed by atoms with van der Waals surface area (Å²) in [5.74, 6) is -0.115. The van der Waals surface area contributed by atoms with Crippen LogP contribution in [0.4, 0.5) is 0 Å². The van der Waals surface area contributed by atoms with Crippen molar-refractivity contribution in [2.45, 2.75) is 20.8 Å². The Labute approximate surface area is 148 Å². The van der Waals surface area contributed by atoms with E-state index in [9.17, 15) is 9.36 Å². The molecule has 1 atom stereocenters. The van der Waals surface area contributed by atoms with Crippen LogP contribution >= 0.6 is 7.80 Å². The number of carbonyl (C=O) groups excluding carboxylic acids is 1. The molecular weight excluding hydrogens is 329 g/mol. The monoisotopic (exact) mass is 349 g/mol. The van der Waals surface area contributed by atoms with Crippen LogP contribution in [0.15, 0.2) is 60.8 Å². The molecule has 0 spiro atoms. The van der Waals surface area contributed by atoms with Crippen LogP contribution in [0, 0.1) is 20.8 Å². The topological polar surface area (TPSA) is 47.0 Å². The molecule has 0 amide bonds. The first-order valence-electron chi connectivity index (χ1n) is 8.17. The molecule has 126 valence electrons. The Morgan fingerprint density at radius 3 is 2.28 bits per heavy atom. The van der Waals surface area contributed by atoms with Gasteiger partial charge >= 0.3 is 0 Å². The summed E-state index contributed by atoms with van der Waals surface area (Å²) in [4.78, 5) is 17.6. The van der Waals surface area contributed by atoms with Gasteiger partial charge < -0.3 is 4.57 Å². The molecule has 2 aromatic carbocycles. The zero-order valence-electron chi connectivity index (χ0n) is 14.5. The maximum atomic E-state index is 13.2. The molecule has 0 aliphatic rings. The summed E-state index contributed by atoms with van der Waals surface area (Å²) in [5, 5.41) is 1.35. The highest BCUT2D eigenvalue weighted by Gasteiger charge is 2.21. The lowest BCUT2D eigenvalue weighted by molar-refractivity contribution is 0.103. The summed E-state index contributed by atoms with van der Waals surface area (Å²) in [7, 11) is -2.25. The third-order valence-electron chi connectivity index (χ3n) is 4.46. The number of hydrogen-bond acceptors (Lipinski definition) is 3. The zero-order chi connectivity index (χ0) is 18.0. The van der Waals surface area contributed by atoms with Crippen molar-refractivity contribution in [3.63, 3.8) is 0 Å². The number of hydrogen-bond donors (Lipinski definition) is 0. The van der Waals surface area contributed by atoms with Gasteiger partial charge in [0.25, 0.3) is 0 Å². The van der Waals surface area contributed by atoms with Crippen LogP contribution in [0.25, 0.3) is 0 Å². The van der Waals surface area contributed by atoms with Crippen molar-refractivity contribution < 1.29 is 9.36 Å². The molecule has 3 nitrogen and oxygen atoms in total. The fourth-order valence-corrected chi connectivity index (χ4v) is 4.41. The molecule has 25 heavy (non-hydrogen) atoms. The number of pyridine rings is 1. The van der Waals surface area contributed by atoms with Gasteiger partial charge in [-0.3, -0.25) is 9.78 Å². The van der Waals surface area contributed by atoms with E-state index in [4.69, 9.17) is 0 Å². The SMILES string of the molecule is Cc1cnc(C)c(C(=O)c2ccccc2[PH](=O)c2ccccc2)c1C. The van der Waals surface area contributed by atoms with Gasteiger partial charge in [-0.15, -0.1) is 0 Å². The third kappa shape index (κ3) is 3.33. The van der Waals surface area contributed by atoms with E-state index in [1.807, 2.05) is 63.2 Å². The minimum atomic E-state index is -2.25. The minimum absolute atomic E-state index is 0.115. The van der Waals surface area contributed by atoms with Crippen molar-refractivity contribution >= 4 is 24.2 Å². The van der Waals surface area contributed by atoms with Gasteiger partial charge in [0.15, 0.2) is 5.78 Å². The molecular formula is C21H20NO2P. The largest absolute Gasteiger partial charge is 0.317 e. The summed E-state index contributed by atoms with van der Waals surface area (Å²) in [6, 6.07) is 16.5. The van der Waals surface area contributed by atoms with Crippen molar-refractivity contribution in [2.75, 3.05) is 0 Å². The van der Waals surface area contributed by atoms with Crippen LogP contribution in [0.1, 0.15) is 32.7 Å². The Morgan fingerprint density at radius 2 is 1.56 bits per heavy atom. The summed E-state index contributed by atoms with van der Waals surface area (Å²) >= 11 is 0. The van der Waals surface area contributed by atoms with Crippen molar-refractivity contribution in [2.24, 2.45) is 0 Å². The maximum absolute atomic E-state index is 13.2. The van der Waals surface area contributed by atoms with Crippen LogP contribution in [0.3, 0.4) is 0 Å². The molecule has 0 saturated heterocycles. The van der Waals surface area contributed by atoms with Crippen LogP contribution < -0.4 is 10.6 Å². The van der Waals surface area contributed by atoms with E-state index in [0.717, 1.165) is 16.4 Å². The standard InChI is InChI=1S/C21H20NO2P/c1-14-13-22-16(3)20(15(14)2)21(23)18-11-7-8-12-19(18)25(24)17-9-5-4-6-10-17/h4-13,25H,1-3H3. The average molecular weight is 349 g/mol. The molecule has 0 radical (unpaired) electrons. The molecule has 0 bridgehead atoms. The average Bonchev–Trinajstić information content (AvgIpc) is 2.65. The van der Waals surface area contributed by atoms with Crippen molar-refractivity contribution in [1.29, 1.82) is 0 Å². The van der Waals surface area contributed by atoms with E-state index in [2.05, 4.69) is 4.98 Å². The molecule has 0 aliphatic carbocycles. The van der Waals surface area contributed by atoms with E-state index in [-0.39, 0.29) is 5.78 Å². The van der Waals surface area contributed by atoms with Gasteiger partial charge in [0.2, 0.25) is 0 Å². The Bertz CT molecular complexity index is 965. The number of ketones is 1. The van der Waals surface area contributed by atoms with Gasteiger partial charge in [-0.25, -0.2) is 0 Å². The van der Waals surface area contributed by atoms with Crippen LogP contribution in [0.5, 0.6) is 0 Å². The highest BCUT2D eigenvalue weighted by Crippen LogP contribution is 2.25. The fourth-order valence-electron chi connectivity index (χ4n) is 2.92. The molecule has 0 aliphatic heterocycles. The second kappa shape index (κ2) is 7.16. The van der Waals surface area contributed by atoms with Crippen LogP contribution in [0.2, 0.25) is 0 Å². The molecule has 3 rings (SSSR count). The second-order valence-electron chi connectivity index (χ2n) is 6.10. The highest BCUT2D eigenvalue weighted by molar-refractivity contribution is 7.61. The predicted octanol–water partition coefficient (Wildman–Crippen LogP) is 3.75. The number of aromatic nitrogens is 1. The molecule has 0 N–H and O–H groups in total. The molecule has 0 fully saturated rings. The number of rotatable bonds is 4. The van der Waals surface area contributed by atoms with Crippen molar-refractivity contribution in [3.8, 4) is 0 Å². The predicted molar refractivity (Wildman–Crippen MR) is 103 cm³/mol. The van der Waals surface area contributed by atoms with E-state index in [0.29, 0.717) is 22.1 Å². The normalized spacial score (nSPS) is 12.0. The Kier molecular flexibility index (Phi) is 4.96. The molecule has 0 saturated carbocycles. The van der Waals surface area contributed by atoms with Crippen LogP contribution in [-0.2, 0) is 4.57 Å². The quantitative estimate of drug-likeness (QED) is 0.532. The Balaban J connectivity index is 2.13. The summed E-state index contributed by atoms with van der Waals surface area (Å²) < 4.78 is 13.1. The lowest BCUT2D eigenvalue weighted by Crippen LogP contribution is -2.18. The first-order chi connectivity index (χ1) is 12.0. The smallest absolute Gasteiger partial charge is 0.195 e. The minimum Gasteiger partial charge on any atom is -0.317 e. The third-order valence-corrected chi connectivity index (χ3v) is 6.24. The van der Waals surface area contributed by atoms with Gasteiger partial charge in [0.1, 0.15) is 7.80 Å². The Hall–Kier alpha value is -2.51. The van der Waals surface area contributed by atoms with E-state index < -0.39 is 7.80 Å². The van der Waals surface area contributed by atoms with Crippen molar-refractivity contribution in [3.05, 3.63) is 88.7 Å². The van der Waals surface area contributed by atoms with Gasteiger partial charge in [0.05, 0.1) is 0 Å². The fraction of sp³-hybridized carbons (Fsp3) is 0.143. The summed E-state index contributed by atoms with van der Waals surface area (Å²) in [6.07, 6.45) is 1.78. The van der Waals surface area contributed by atoms with Gasteiger partial charge in [0, 0.05) is 33.6 Å². The molecule has 1 aromatic heterocycles. The molecule has 1 unspecified atom stereocenters. The van der Waals surface area contributed by atoms with Gasteiger partial charge in [-0.05, 0) is 31.9 Å². The maximum Gasteiger partial charge on any atom is 0.195 e. The van der Waals surface area contributed by atoms with Crippen LogP contribution in [-0.4, -0.2) is 10.8 Å². The summed E-state index contributed by atoms with van der Waals surface area (Å²) in [5.41, 5.74) is 3.69. The van der Waals surface area contributed by atoms with Gasteiger partial charge in [-0.1, -0.05) is 54.6 Å². The summed E-state index contributed by atoms with van der Waals surface area (Å²) in [6.45, 7) is 5.71. The Morgan fingerprint density at radius 1 is 0.920 bits per heavy atom. The van der Waals surface area contributed by atoms with Gasteiger partial charge in [-0.2, -0.15) is 0 Å². The van der Waals surface area contributed by atoms with E-state index in [1.54, 1.807) is 18.3 Å². The first-order valence-corrected chi connectivity index (χ1v) is 9.58. The highest BCUT2D eigenvalue weighted by atomic mass is 31.1. The lowest BCUT2D eigenvalue weighted by Gasteiger charge is -2.13. The number of aryl methyl sites for hydroxylation is 2. The number of nitrogens with zero attached hydrogens (tertiary/aromatic N) is 1. The second-order valence-corrected chi connectivity index (χ2v) is 7.87. The molecule has 4 heteroatoms. The van der Waals surface area contributed by atoms with E-state index in [1.165, 1.54) is 0 Å². The number of benzene rings is 2. The zero-order valence-corrected chi connectivity index (χ0v) is 15.5. The molecule has 3 aromatic rings. The van der Waals surface area contributed by atoms with E-state index >= 15 is 0 Å². The first kappa shape index (κ1) is 17.3. The van der Waals surface area contributed by atoms with Crippen molar-refractivity contribution in [1.82, 2.24) is 4.98 Å². The molecule has 1 heterocycles. The lowest BCUT2D eigenvalue weighted by atomic mass is 9.96. The number of carbonyl (C=O) groups is 1.